The summed E-state index contributed by atoms with van der Waals surface area (Å²) < 4.78 is 21.9. The summed E-state index contributed by atoms with van der Waals surface area (Å²) >= 11 is 0. The molecule has 0 N–H and O–H groups in total. The van der Waals surface area contributed by atoms with Crippen molar-refractivity contribution in [3.05, 3.63) is 83.4 Å². The number of benzene rings is 3. The number of fused-ring (bicyclic) bond motifs is 3. The second kappa shape index (κ2) is 10.3. The standard InChI is InChI=1S/C29H29NO6/c1-33-20-14-13-19(27(16-20)34-2)17-35-28(31)26-12-7-15-30(26)29(32)36-18-25-23-10-5-3-8-21(23)22-9-4-6-11-24(22)25/h3-6,8-11,13-14,16,25-26H,7,12,15,17-18H2,1-2H3/t26-/m0/s1. The average molecular weight is 488 g/mol. The molecule has 36 heavy (non-hydrogen) atoms. The van der Waals surface area contributed by atoms with Gasteiger partial charge in [-0.1, -0.05) is 48.5 Å². The molecular formula is C29H29NO6. The third-order valence-corrected chi connectivity index (χ3v) is 6.96. The zero-order chi connectivity index (χ0) is 25.1. The molecule has 1 saturated heterocycles. The van der Waals surface area contributed by atoms with Crippen molar-refractivity contribution in [2.75, 3.05) is 27.4 Å². The zero-order valence-corrected chi connectivity index (χ0v) is 20.4. The number of ether oxygens (including phenoxy) is 4. The number of methoxy groups -OCH3 is 2. The van der Waals surface area contributed by atoms with Crippen LogP contribution in [0.15, 0.2) is 66.7 Å². The topological polar surface area (TPSA) is 74.3 Å². The Morgan fingerprint density at radius 2 is 1.58 bits per heavy atom. The molecule has 3 aromatic rings. The highest BCUT2D eigenvalue weighted by atomic mass is 16.6. The Morgan fingerprint density at radius 3 is 2.25 bits per heavy atom. The lowest BCUT2D eigenvalue weighted by Gasteiger charge is -2.24. The third-order valence-electron chi connectivity index (χ3n) is 6.96. The minimum absolute atomic E-state index is 0.0307. The average Bonchev–Trinajstić information content (AvgIpc) is 3.54. The number of nitrogens with zero attached hydrogens (tertiary/aromatic N) is 1. The van der Waals surface area contributed by atoms with Gasteiger partial charge in [-0.2, -0.15) is 0 Å². The lowest BCUT2D eigenvalue weighted by molar-refractivity contribution is -0.149. The van der Waals surface area contributed by atoms with Crippen molar-refractivity contribution < 1.29 is 28.5 Å². The Balaban J connectivity index is 1.22. The van der Waals surface area contributed by atoms with E-state index in [0.717, 1.165) is 23.1 Å². The van der Waals surface area contributed by atoms with Gasteiger partial charge in [0.05, 0.1) is 14.2 Å². The largest absolute Gasteiger partial charge is 0.497 e. The molecule has 7 nitrogen and oxygen atoms in total. The van der Waals surface area contributed by atoms with Gasteiger partial charge in [-0.15, -0.1) is 0 Å². The molecule has 0 saturated carbocycles. The van der Waals surface area contributed by atoms with Crippen molar-refractivity contribution >= 4 is 12.1 Å². The Bertz CT molecular complexity index is 1230. The number of carbonyl (C=O) groups is 2. The van der Waals surface area contributed by atoms with Crippen LogP contribution in [0.2, 0.25) is 0 Å². The first-order chi connectivity index (χ1) is 17.6. The lowest BCUT2D eigenvalue weighted by Crippen LogP contribution is -2.42. The molecule has 3 aromatic carbocycles. The van der Waals surface area contributed by atoms with Crippen molar-refractivity contribution in [1.82, 2.24) is 4.90 Å². The van der Waals surface area contributed by atoms with E-state index >= 15 is 0 Å². The monoisotopic (exact) mass is 487 g/mol. The highest BCUT2D eigenvalue weighted by Gasteiger charge is 2.37. The molecule has 0 aromatic heterocycles. The summed E-state index contributed by atoms with van der Waals surface area (Å²) in [4.78, 5) is 27.4. The quantitative estimate of drug-likeness (QED) is 0.429. The number of hydrogen-bond donors (Lipinski definition) is 0. The number of likely N-dealkylation sites (tertiary alicyclic amines) is 1. The van der Waals surface area contributed by atoms with E-state index in [1.165, 1.54) is 16.0 Å². The molecule has 0 unspecified atom stereocenters. The van der Waals surface area contributed by atoms with Crippen LogP contribution in [0.1, 0.15) is 35.4 Å². The fraction of sp³-hybridized carbons (Fsp3) is 0.310. The fourth-order valence-electron chi connectivity index (χ4n) is 5.12. The van der Waals surface area contributed by atoms with Gasteiger partial charge in [-0.25, -0.2) is 9.59 Å². The summed E-state index contributed by atoms with van der Waals surface area (Å²) in [6, 6.07) is 21.1. The van der Waals surface area contributed by atoms with Crippen LogP contribution < -0.4 is 9.47 Å². The molecule has 0 spiro atoms. The van der Waals surface area contributed by atoms with Crippen molar-refractivity contribution in [2.45, 2.75) is 31.4 Å². The minimum atomic E-state index is -0.662. The molecule has 0 bridgehead atoms. The maximum atomic E-state index is 13.0. The molecular weight excluding hydrogens is 458 g/mol. The van der Waals surface area contributed by atoms with Crippen molar-refractivity contribution in [1.29, 1.82) is 0 Å². The van der Waals surface area contributed by atoms with E-state index in [2.05, 4.69) is 24.3 Å². The lowest BCUT2D eigenvalue weighted by atomic mass is 9.98. The first-order valence-corrected chi connectivity index (χ1v) is 12.1. The first-order valence-electron chi connectivity index (χ1n) is 12.1. The van der Waals surface area contributed by atoms with Gasteiger partial charge in [0.15, 0.2) is 0 Å². The van der Waals surface area contributed by atoms with Gasteiger partial charge < -0.3 is 18.9 Å². The van der Waals surface area contributed by atoms with Crippen LogP contribution in [-0.4, -0.2) is 50.4 Å². The van der Waals surface area contributed by atoms with E-state index in [1.807, 2.05) is 24.3 Å². The molecule has 1 heterocycles. The SMILES string of the molecule is COc1ccc(COC(=O)[C@@H]2CCCN2C(=O)OCC2c3ccccc3-c3ccccc32)c(OC)c1. The Morgan fingerprint density at radius 1 is 0.889 bits per heavy atom. The number of rotatable bonds is 7. The summed E-state index contributed by atoms with van der Waals surface area (Å²) in [7, 11) is 3.13. The van der Waals surface area contributed by atoms with E-state index in [9.17, 15) is 9.59 Å². The van der Waals surface area contributed by atoms with E-state index in [-0.39, 0.29) is 19.1 Å². The molecule has 2 aliphatic rings. The van der Waals surface area contributed by atoms with Gasteiger partial charge in [0.2, 0.25) is 0 Å². The predicted molar refractivity (Wildman–Crippen MR) is 134 cm³/mol. The van der Waals surface area contributed by atoms with Crippen LogP contribution in [-0.2, 0) is 20.9 Å². The third kappa shape index (κ3) is 4.49. The van der Waals surface area contributed by atoms with Crippen LogP contribution in [0.4, 0.5) is 4.79 Å². The van der Waals surface area contributed by atoms with Gasteiger partial charge in [0.1, 0.15) is 30.8 Å². The smallest absolute Gasteiger partial charge is 0.410 e. The Hall–Kier alpha value is -4.00. The van der Waals surface area contributed by atoms with Gasteiger partial charge in [0.25, 0.3) is 0 Å². The Labute approximate surface area is 210 Å². The number of amides is 1. The molecule has 1 fully saturated rings. The van der Waals surface area contributed by atoms with Crippen molar-refractivity contribution in [3.63, 3.8) is 0 Å². The van der Waals surface area contributed by atoms with Gasteiger partial charge in [0, 0.05) is 24.1 Å². The van der Waals surface area contributed by atoms with Crippen LogP contribution in [0, 0.1) is 0 Å². The van der Waals surface area contributed by atoms with Crippen LogP contribution in [0.3, 0.4) is 0 Å². The Kier molecular flexibility index (Phi) is 6.80. The molecule has 186 valence electrons. The zero-order valence-electron chi connectivity index (χ0n) is 20.4. The molecule has 7 heteroatoms. The maximum absolute atomic E-state index is 13.0. The summed E-state index contributed by atoms with van der Waals surface area (Å²) in [6.07, 6.45) is 0.775. The maximum Gasteiger partial charge on any atom is 0.410 e. The summed E-state index contributed by atoms with van der Waals surface area (Å²) in [5.41, 5.74) is 5.36. The fourth-order valence-corrected chi connectivity index (χ4v) is 5.12. The van der Waals surface area contributed by atoms with Crippen molar-refractivity contribution in [3.8, 4) is 22.6 Å². The van der Waals surface area contributed by atoms with Gasteiger partial charge >= 0.3 is 12.1 Å². The predicted octanol–water partition coefficient (Wildman–Crippen LogP) is 5.16. The van der Waals surface area contributed by atoms with Crippen molar-refractivity contribution in [2.24, 2.45) is 0 Å². The molecule has 1 aliphatic heterocycles. The highest BCUT2D eigenvalue weighted by Crippen LogP contribution is 2.44. The van der Waals surface area contributed by atoms with E-state index in [4.69, 9.17) is 18.9 Å². The molecule has 1 atom stereocenters. The van der Waals surface area contributed by atoms with E-state index in [1.54, 1.807) is 32.4 Å². The minimum Gasteiger partial charge on any atom is -0.497 e. The second-order valence-electron chi connectivity index (χ2n) is 8.94. The van der Waals surface area contributed by atoms with E-state index in [0.29, 0.717) is 24.5 Å². The highest BCUT2D eigenvalue weighted by molar-refractivity contribution is 5.82. The number of carbonyl (C=O) groups excluding carboxylic acids is 2. The number of esters is 1. The van der Waals surface area contributed by atoms with Gasteiger partial charge in [-0.05, 0) is 47.2 Å². The molecule has 1 aliphatic carbocycles. The van der Waals surface area contributed by atoms with Gasteiger partial charge in [-0.3, -0.25) is 4.90 Å². The summed E-state index contributed by atoms with van der Waals surface area (Å²) in [6.45, 7) is 0.720. The summed E-state index contributed by atoms with van der Waals surface area (Å²) in [5.74, 6) is 0.747. The molecule has 1 amide bonds. The normalized spacial score (nSPS) is 16.3. The van der Waals surface area contributed by atoms with Crippen LogP contribution >= 0.6 is 0 Å². The van der Waals surface area contributed by atoms with Crippen LogP contribution in [0.25, 0.3) is 11.1 Å². The van der Waals surface area contributed by atoms with E-state index < -0.39 is 18.1 Å². The second-order valence-corrected chi connectivity index (χ2v) is 8.94. The molecule has 5 rings (SSSR count). The summed E-state index contributed by atoms with van der Waals surface area (Å²) in [5, 5.41) is 0. The number of hydrogen-bond acceptors (Lipinski definition) is 6. The van der Waals surface area contributed by atoms with Crippen LogP contribution in [0.5, 0.6) is 11.5 Å². The molecule has 0 radical (unpaired) electrons. The first kappa shape index (κ1) is 23.7.